The summed E-state index contributed by atoms with van der Waals surface area (Å²) in [5.74, 6) is 0. The molecule has 1 heterocycles. The van der Waals surface area contributed by atoms with Gasteiger partial charge < -0.3 is 4.74 Å². The fraction of sp³-hybridized carbons (Fsp3) is 0.625. The van der Waals surface area contributed by atoms with E-state index in [1.54, 1.807) is 16.4 Å². The molecule has 3 atom stereocenters. The smallest absolute Gasteiger partial charge is 0.243 e. The van der Waals surface area contributed by atoms with Crippen molar-refractivity contribution in [1.29, 1.82) is 0 Å². The zero-order chi connectivity index (χ0) is 15.0. The molecule has 2 aliphatic rings. The van der Waals surface area contributed by atoms with E-state index < -0.39 is 10.0 Å². The van der Waals surface area contributed by atoms with Gasteiger partial charge in [0.25, 0.3) is 0 Å². The van der Waals surface area contributed by atoms with Gasteiger partial charge in [0.15, 0.2) is 0 Å². The van der Waals surface area contributed by atoms with Crippen LogP contribution in [-0.2, 0) is 14.8 Å². The third-order valence-corrected chi connectivity index (χ3v) is 6.41. The molecule has 0 spiro atoms. The second-order valence-corrected chi connectivity index (χ2v) is 8.12. The Hall–Kier alpha value is -0.910. The van der Waals surface area contributed by atoms with Crippen LogP contribution in [0, 0.1) is 6.92 Å². The fourth-order valence-corrected chi connectivity index (χ4v) is 5.17. The van der Waals surface area contributed by atoms with E-state index in [4.69, 9.17) is 4.74 Å². The molecule has 1 aromatic rings. The minimum atomic E-state index is -3.43. The second-order valence-electron chi connectivity index (χ2n) is 6.22. The molecule has 2 fully saturated rings. The number of fused-ring (bicyclic) bond motifs is 1. The van der Waals surface area contributed by atoms with Crippen molar-refractivity contribution in [3.05, 3.63) is 29.8 Å². The zero-order valence-corrected chi connectivity index (χ0v) is 13.5. The molecule has 0 unspecified atom stereocenters. The third-order valence-electron chi connectivity index (χ3n) is 4.51. The van der Waals surface area contributed by atoms with Gasteiger partial charge in [-0.2, -0.15) is 4.31 Å². The predicted molar refractivity (Wildman–Crippen MR) is 81.7 cm³/mol. The van der Waals surface area contributed by atoms with Crippen LogP contribution in [0.2, 0.25) is 0 Å². The van der Waals surface area contributed by atoms with Crippen molar-refractivity contribution in [3.8, 4) is 0 Å². The van der Waals surface area contributed by atoms with E-state index >= 15 is 0 Å². The normalized spacial score (nSPS) is 30.9. The van der Waals surface area contributed by atoms with Gasteiger partial charge in [-0.25, -0.2) is 8.42 Å². The first-order valence-corrected chi connectivity index (χ1v) is 9.16. The zero-order valence-electron chi connectivity index (χ0n) is 12.7. The number of sulfonamides is 1. The molecule has 1 aliphatic carbocycles. The summed E-state index contributed by atoms with van der Waals surface area (Å²) in [4.78, 5) is 0.395. The van der Waals surface area contributed by atoms with Gasteiger partial charge in [-0.1, -0.05) is 30.5 Å². The lowest BCUT2D eigenvalue weighted by molar-refractivity contribution is -0.101. The highest BCUT2D eigenvalue weighted by Gasteiger charge is 2.42. The number of rotatable bonds is 2. The minimum absolute atomic E-state index is 0.00116. The van der Waals surface area contributed by atoms with Crippen molar-refractivity contribution < 1.29 is 13.2 Å². The van der Waals surface area contributed by atoms with Gasteiger partial charge in [0, 0.05) is 6.54 Å². The highest BCUT2D eigenvalue weighted by molar-refractivity contribution is 7.89. The molecule has 1 saturated carbocycles. The molecule has 1 aliphatic heterocycles. The highest BCUT2D eigenvalue weighted by Crippen LogP contribution is 2.34. The summed E-state index contributed by atoms with van der Waals surface area (Å²) in [5.41, 5.74) is 1.07. The van der Waals surface area contributed by atoms with E-state index in [1.807, 2.05) is 26.0 Å². The summed E-state index contributed by atoms with van der Waals surface area (Å²) < 4.78 is 33.6. The number of nitrogens with zero attached hydrogens (tertiary/aromatic N) is 1. The van der Waals surface area contributed by atoms with Crippen LogP contribution >= 0.6 is 0 Å². The lowest BCUT2D eigenvalue weighted by Gasteiger charge is -2.45. The Kier molecular flexibility index (Phi) is 4.08. The first kappa shape index (κ1) is 15.0. The Morgan fingerprint density at radius 1 is 1.14 bits per heavy atom. The summed E-state index contributed by atoms with van der Waals surface area (Å²) in [7, 11) is -3.43. The van der Waals surface area contributed by atoms with Crippen LogP contribution in [0.4, 0.5) is 0 Å². The molecule has 0 aromatic heterocycles. The molecule has 4 nitrogen and oxygen atoms in total. The summed E-state index contributed by atoms with van der Waals surface area (Å²) in [5, 5.41) is 0. The maximum Gasteiger partial charge on any atom is 0.243 e. The molecule has 1 saturated heterocycles. The van der Waals surface area contributed by atoms with E-state index in [1.165, 1.54) is 0 Å². The van der Waals surface area contributed by atoms with Gasteiger partial charge in [0.05, 0.1) is 23.1 Å². The quantitative estimate of drug-likeness (QED) is 0.844. The van der Waals surface area contributed by atoms with Gasteiger partial charge in [0.1, 0.15) is 0 Å². The third kappa shape index (κ3) is 2.87. The van der Waals surface area contributed by atoms with Gasteiger partial charge in [-0.3, -0.25) is 0 Å². The topological polar surface area (TPSA) is 46.6 Å². The van der Waals surface area contributed by atoms with Crippen LogP contribution in [-0.4, -0.2) is 37.5 Å². The van der Waals surface area contributed by atoms with Crippen molar-refractivity contribution >= 4 is 10.0 Å². The Morgan fingerprint density at radius 3 is 2.52 bits per heavy atom. The van der Waals surface area contributed by atoms with Gasteiger partial charge in [-0.05, 0) is 38.8 Å². The van der Waals surface area contributed by atoms with Crippen molar-refractivity contribution in [2.75, 3.05) is 6.54 Å². The first-order valence-electron chi connectivity index (χ1n) is 7.72. The van der Waals surface area contributed by atoms with Crippen LogP contribution in [0.1, 0.15) is 38.2 Å². The van der Waals surface area contributed by atoms with E-state index in [-0.39, 0.29) is 18.2 Å². The minimum Gasteiger partial charge on any atom is -0.372 e. The molecule has 5 heteroatoms. The van der Waals surface area contributed by atoms with Crippen molar-refractivity contribution in [1.82, 2.24) is 4.31 Å². The average Bonchev–Trinajstić information content (AvgIpc) is 2.46. The van der Waals surface area contributed by atoms with Gasteiger partial charge in [-0.15, -0.1) is 0 Å². The monoisotopic (exact) mass is 309 g/mol. The average molecular weight is 309 g/mol. The van der Waals surface area contributed by atoms with Crippen molar-refractivity contribution in [2.24, 2.45) is 0 Å². The van der Waals surface area contributed by atoms with E-state index in [2.05, 4.69) is 0 Å². The van der Waals surface area contributed by atoms with Crippen LogP contribution < -0.4 is 0 Å². The number of benzene rings is 1. The number of aryl methyl sites for hydroxylation is 1. The summed E-state index contributed by atoms with van der Waals surface area (Å²) in [6.07, 6.45) is 4.11. The Morgan fingerprint density at radius 2 is 1.81 bits per heavy atom. The number of hydrogen-bond donors (Lipinski definition) is 0. The molecule has 0 N–H and O–H groups in total. The second kappa shape index (κ2) is 5.71. The van der Waals surface area contributed by atoms with Crippen molar-refractivity contribution in [3.63, 3.8) is 0 Å². The van der Waals surface area contributed by atoms with E-state index in [0.29, 0.717) is 11.4 Å². The molecule has 0 bridgehead atoms. The number of morpholine rings is 1. The lowest BCUT2D eigenvalue weighted by atomic mass is 9.91. The molecular weight excluding hydrogens is 286 g/mol. The summed E-state index contributed by atoms with van der Waals surface area (Å²) in [6, 6.07) is 7.14. The Bertz CT molecular complexity index is 596. The van der Waals surface area contributed by atoms with Crippen LogP contribution in [0.5, 0.6) is 0 Å². The lowest BCUT2D eigenvalue weighted by Crippen LogP contribution is -2.57. The van der Waals surface area contributed by atoms with Gasteiger partial charge >= 0.3 is 0 Å². The van der Waals surface area contributed by atoms with Crippen LogP contribution in [0.3, 0.4) is 0 Å². The summed E-state index contributed by atoms with van der Waals surface area (Å²) in [6.45, 7) is 4.38. The molecule has 21 heavy (non-hydrogen) atoms. The van der Waals surface area contributed by atoms with Crippen LogP contribution in [0.25, 0.3) is 0 Å². The Labute approximate surface area is 127 Å². The molecule has 0 radical (unpaired) electrons. The molecule has 1 aromatic carbocycles. The molecule has 0 amide bonds. The molecule has 3 rings (SSSR count). The fourth-order valence-electron chi connectivity index (χ4n) is 3.42. The SMILES string of the molecule is Cc1ccc(S(=O)(=O)N2C[C@@H](C)O[C@H]3CCCC[C@H]32)cc1. The first-order chi connectivity index (χ1) is 9.98. The molecular formula is C16H23NO3S. The number of ether oxygens (including phenoxy) is 1. The highest BCUT2D eigenvalue weighted by atomic mass is 32.2. The summed E-state index contributed by atoms with van der Waals surface area (Å²) >= 11 is 0. The van der Waals surface area contributed by atoms with Gasteiger partial charge in [0.2, 0.25) is 10.0 Å². The molecule has 116 valence electrons. The van der Waals surface area contributed by atoms with E-state index in [9.17, 15) is 8.42 Å². The maximum atomic E-state index is 13.0. The Balaban J connectivity index is 1.94. The van der Waals surface area contributed by atoms with Crippen molar-refractivity contribution in [2.45, 2.75) is 62.7 Å². The van der Waals surface area contributed by atoms with Crippen LogP contribution in [0.15, 0.2) is 29.2 Å². The number of hydrogen-bond acceptors (Lipinski definition) is 3. The standard InChI is InChI=1S/C16H23NO3S/c1-12-7-9-14(10-8-12)21(18,19)17-11-13(2)20-16-6-4-3-5-15(16)17/h7-10,13,15-16H,3-6,11H2,1-2H3/t13-,15-,16+/m1/s1. The largest absolute Gasteiger partial charge is 0.372 e. The predicted octanol–water partition coefficient (Wildman–Crippen LogP) is 2.72. The van der Waals surface area contributed by atoms with E-state index in [0.717, 1.165) is 31.2 Å². The maximum absolute atomic E-state index is 13.0.